The summed E-state index contributed by atoms with van der Waals surface area (Å²) in [5.74, 6) is 0. The Morgan fingerprint density at radius 1 is 1.26 bits per heavy atom. The Morgan fingerprint density at radius 2 is 2.00 bits per heavy atom. The van der Waals surface area contributed by atoms with Crippen molar-refractivity contribution in [3.63, 3.8) is 0 Å². The second kappa shape index (κ2) is 6.03. The molecule has 0 aliphatic heterocycles. The number of rotatable bonds is 2. The maximum atomic E-state index is 3.70. The van der Waals surface area contributed by atoms with Crippen LogP contribution in [0.5, 0.6) is 0 Å². The second-order valence-corrected chi connectivity index (χ2v) is 9.35. The van der Waals surface area contributed by atoms with Gasteiger partial charge in [0.1, 0.15) is 0 Å². The van der Waals surface area contributed by atoms with Crippen LogP contribution in [-0.2, 0) is 6.42 Å². The molecule has 1 aliphatic rings. The van der Waals surface area contributed by atoms with Crippen molar-refractivity contribution >= 4 is 71.5 Å². The number of halogens is 3. The molecule has 2 aromatic rings. The first-order chi connectivity index (χ1) is 9.15. The van der Waals surface area contributed by atoms with Gasteiger partial charge in [-0.15, -0.1) is 11.3 Å². The van der Waals surface area contributed by atoms with Gasteiger partial charge in [-0.05, 0) is 97.5 Å². The summed E-state index contributed by atoms with van der Waals surface area (Å²) < 4.78 is 3.61. The number of hydrogen-bond acceptors (Lipinski definition) is 2. The fourth-order valence-corrected chi connectivity index (χ4v) is 5.83. The lowest BCUT2D eigenvalue weighted by molar-refractivity contribution is 0.608. The van der Waals surface area contributed by atoms with Gasteiger partial charge in [-0.3, -0.25) is 0 Å². The molecule has 1 aliphatic carbocycles. The number of fused-ring (bicyclic) bond motifs is 1. The Hall–Kier alpha value is 0.410. The molecule has 0 fully saturated rings. The van der Waals surface area contributed by atoms with Gasteiger partial charge in [-0.2, -0.15) is 0 Å². The van der Waals surface area contributed by atoms with Gasteiger partial charge in [0.2, 0.25) is 0 Å². The normalized spacial score (nSPS) is 18.2. The van der Waals surface area contributed by atoms with Crippen molar-refractivity contribution in [1.29, 1.82) is 0 Å². The lowest BCUT2D eigenvalue weighted by Crippen LogP contribution is -2.16. The van der Waals surface area contributed by atoms with Gasteiger partial charge in [-0.1, -0.05) is 6.07 Å². The van der Waals surface area contributed by atoms with Gasteiger partial charge in [0.15, 0.2) is 0 Å². The number of para-hydroxylation sites is 1. The van der Waals surface area contributed by atoms with E-state index in [0.29, 0.717) is 6.04 Å². The molecule has 0 radical (unpaired) electrons. The molecule has 1 aromatic carbocycles. The molecule has 1 aromatic heterocycles. The van der Waals surface area contributed by atoms with E-state index in [2.05, 4.69) is 78.0 Å². The van der Waals surface area contributed by atoms with Crippen molar-refractivity contribution < 1.29 is 0 Å². The Bertz CT molecular complexity index is 591. The molecule has 0 bridgehead atoms. The summed E-state index contributed by atoms with van der Waals surface area (Å²) in [5.41, 5.74) is 2.64. The Kier molecular flexibility index (Phi) is 4.56. The van der Waals surface area contributed by atoms with E-state index in [1.807, 2.05) is 17.4 Å². The molecule has 3 rings (SSSR count). The van der Waals surface area contributed by atoms with Gasteiger partial charge in [0.05, 0.1) is 14.6 Å². The van der Waals surface area contributed by atoms with Crippen LogP contribution in [0.2, 0.25) is 0 Å². The predicted octanol–water partition coefficient (Wildman–Crippen LogP) is 6.37. The van der Waals surface area contributed by atoms with Crippen LogP contribution >= 0.6 is 65.8 Å². The third-order valence-corrected chi connectivity index (χ3v) is 6.66. The van der Waals surface area contributed by atoms with Gasteiger partial charge >= 0.3 is 0 Å². The first-order valence-corrected chi connectivity index (χ1v) is 9.62. The van der Waals surface area contributed by atoms with Crippen molar-refractivity contribution in [2.24, 2.45) is 0 Å². The number of hydrogen-bond donors (Lipinski definition) is 1. The number of aryl methyl sites for hydroxylation is 1. The number of nitrogens with one attached hydrogen (secondary N) is 1. The number of thiophene rings is 1. The first-order valence-electron chi connectivity index (χ1n) is 6.14. The maximum Gasteiger partial charge on any atom is 0.0660 e. The molecule has 19 heavy (non-hydrogen) atoms. The third-order valence-electron chi connectivity index (χ3n) is 3.37. The van der Waals surface area contributed by atoms with Crippen LogP contribution in [0.1, 0.15) is 29.3 Å². The van der Waals surface area contributed by atoms with Crippen molar-refractivity contribution in [1.82, 2.24) is 0 Å². The first kappa shape index (κ1) is 14.4. The van der Waals surface area contributed by atoms with Gasteiger partial charge in [-0.25, -0.2) is 0 Å². The molecule has 0 spiro atoms. The average molecular weight is 513 g/mol. The van der Waals surface area contributed by atoms with Crippen molar-refractivity contribution in [2.75, 3.05) is 5.32 Å². The molecule has 0 amide bonds. The molecule has 1 nitrogen and oxygen atoms in total. The highest BCUT2D eigenvalue weighted by Crippen LogP contribution is 2.40. The van der Waals surface area contributed by atoms with E-state index in [1.54, 1.807) is 4.88 Å². The predicted molar refractivity (Wildman–Crippen MR) is 98.2 cm³/mol. The van der Waals surface area contributed by atoms with E-state index >= 15 is 0 Å². The lowest BCUT2D eigenvalue weighted by Gasteiger charge is -2.25. The highest BCUT2D eigenvalue weighted by molar-refractivity contribution is 14.1. The molecule has 1 atom stereocenters. The minimum Gasteiger partial charge on any atom is -0.376 e. The van der Waals surface area contributed by atoms with E-state index in [0.717, 1.165) is 14.6 Å². The molecule has 5 heteroatoms. The Labute approximate surface area is 147 Å². The summed E-state index contributed by atoms with van der Waals surface area (Å²) >= 11 is 11.6. The molecule has 0 saturated carbocycles. The van der Waals surface area contributed by atoms with Crippen LogP contribution < -0.4 is 5.32 Å². The van der Waals surface area contributed by atoms with Gasteiger partial charge in [0, 0.05) is 13.8 Å². The smallest absolute Gasteiger partial charge is 0.0660 e. The van der Waals surface area contributed by atoms with Crippen LogP contribution in [0, 0.1) is 2.88 Å². The van der Waals surface area contributed by atoms with Crippen LogP contribution in [-0.4, -0.2) is 0 Å². The zero-order valence-electron chi connectivity index (χ0n) is 10.1. The largest absolute Gasteiger partial charge is 0.376 e. The van der Waals surface area contributed by atoms with Crippen molar-refractivity contribution in [3.05, 3.63) is 46.5 Å². The minimum atomic E-state index is 0.429. The summed E-state index contributed by atoms with van der Waals surface area (Å²) in [7, 11) is 0. The van der Waals surface area contributed by atoms with Gasteiger partial charge in [0.25, 0.3) is 0 Å². The summed E-state index contributed by atoms with van der Waals surface area (Å²) in [4.78, 5) is 1.55. The van der Waals surface area contributed by atoms with Crippen LogP contribution in [0.3, 0.4) is 0 Å². The SMILES string of the molecule is Brc1cccc(Br)c1NC1CCCc2sc(I)cc21. The average Bonchev–Trinajstić information content (AvgIpc) is 2.75. The number of benzene rings is 1. The number of anilines is 1. The van der Waals surface area contributed by atoms with Crippen molar-refractivity contribution in [3.8, 4) is 0 Å². The monoisotopic (exact) mass is 511 g/mol. The maximum absolute atomic E-state index is 3.70. The zero-order chi connectivity index (χ0) is 13.4. The van der Waals surface area contributed by atoms with E-state index in [1.165, 1.54) is 27.7 Å². The van der Waals surface area contributed by atoms with Crippen LogP contribution in [0.25, 0.3) is 0 Å². The summed E-state index contributed by atoms with van der Waals surface area (Å²) in [6, 6.07) is 8.96. The minimum absolute atomic E-state index is 0.429. The molecule has 0 saturated heterocycles. The highest BCUT2D eigenvalue weighted by atomic mass is 127. The summed E-state index contributed by atoms with van der Waals surface area (Å²) in [6.45, 7) is 0. The fraction of sp³-hybridized carbons (Fsp3) is 0.286. The summed E-state index contributed by atoms with van der Waals surface area (Å²) in [6.07, 6.45) is 3.70. The topological polar surface area (TPSA) is 12.0 Å². The van der Waals surface area contributed by atoms with E-state index in [-0.39, 0.29) is 0 Å². The lowest BCUT2D eigenvalue weighted by atomic mass is 9.94. The van der Waals surface area contributed by atoms with Crippen LogP contribution in [0.4, 0.5) is 5.69 Å². The van der Waals surface area contributed by atoms with Crippen LogP contribution in [0.15, 0.2) is 33.2 Å². The Morgan fingerprint density at radius 3 is 2.74 bits per heavy atom. The highest BCUT2D eigenvalue weighted by Gasteiger charge is 2.23. The fourth-order valence-electron chi connectivity index (χ4n) is 2.48. The molecule has 1 heterocycles. The molecule has 100 valence electrons. The summed E-state index contributed by atoms with van der Waals surface area (Å²) in [5, 5.41) is 3.70. The van der Waals surface area contributed by atoms with E-state index in [9.17, 15) is 0 Å². The third kappa shape index (κ3) is 3.04. The van der Waals surface area contributed by atoms with E-state index < -0.39 is 0 Å². The van der Waals surface area contributed by atoms with Gasteiger partial charge < -0.3 is 5.32 Å². The quantitative estimate of drug-likeness (QED) is 0.461. The molecular formula is C14H12Br2INS. The molecular weight excluding hydrogens is 501 g/mol. The molecule has 1 unspecified atom stereocenters. The standard InChI is InChI=1S/C14H12Br2INS/c15-9-3-1-4-10(16)14(9)18-11-5-2-6-12-8(11)7-13(17)19-12/h1,3-4,7,11,18H,2,5-6H2. The zero-order valence-corrected chi connectivity index (χ0v) is 16.2. The molecule has 1 N–H and O–H groups in total. The second-order valence-electron chi connectivity index (χ2n) is 4.61. The van der Waals surface area contributed by atoms with E-state index in [4.69, 9.17) is 0 Å². The Balaban J connectivity index is 1.92. The van der Waals surface area contributed by atoms with Crippen molar-refractivity contribution in [2.45, 2.75) is 25.3 Å².